The molecule has 1 unspecified atom stereocenters. The van der Waals surface area contributed by atoms with Gasteiger partial charge in [0, 0.05) is 16.7 Å². The Balaban J connectivity index is 2.14. The van der Waals surface area contributed by atoms with Gasteiger partial charge in [-0.3, -0.25) is 4.98 Å². The maximum absolute atomic E-state index is 5.84. The molecule has 0 saturated heterocycles. The Morgan fingerprint density at radius 1 is 1.24 bits per heavy atom. The second-order valence-corrected chi connectivity index (χ2v) is 4.80. The van der Waals surface area contributed by atoms with Gasteiger partial charge in [0.05, 0.1) is 17.6 Å². The van der Waals surface area contributed by atoms with Crippen molar-refractivity contribution in [2.75, 3.05) is 11.1 Å². The largest absolute Gasteiger partial charge is 0.396 e. The van der Waals surface area contributed by atoms with Crippen molar-refractivity contribution in [3.63, 3.8) is 0 Å². The summed E-state index contributed by atoms with van der Waals surface area (Å²) in [6.45, 7) is 2.10. The SMILES string of the molecule is CC(Nc1ccncc1N)c1ccc(Br)cc1. The smallest absolute Gasteiger partial charge is 0.0736 e. The van der Waals surface area contributed by atoms with Gasteiger partial charge in [0.15, 0.2) is 0 Å². The molecule has 17 heavy (non-hydrogen) atoms. The Morgan fingerprint density at radius 2 is 1.94 bits per heavy atom. The minimum Gasteiger partial charge on any atom is -0.396 e. The molecule has 1 atom stereocenters. The van der Waals surface area contributed by atoms with Gasteiger partial charge in [0.25, 0.3) is 0 Å². The molecule has 0 fully saturated rings. The second kappa shape index (κ2) is 5.19. The molecule has 1 heterocycles. The first kappa shape index (κ1) is 11.9. The second-order valence-electron chi connectivity index (χ2n) is 3.88. The van der Waals surface area contributed by atoms with Crippen LogP contribution in [0.15, 0.2) is 47.2 Å². The Kier molecular flexibility index (Phi) is 3.64. The Bertz CT molecular complexity index is 496. The number of pyridine rings is 1. The van der Waals surface area contributed by atoms with Gasteiger partial charge in [-0.2, -0.15) is 0 Å². The highest BCUT2D eigenvalue weighted by atomic mass is 79.9. The number of hydrogen-bond acceptors (Lipinski definition) is 3. The molecule has 0 aliphatic heterocycles. The van der Waals surface area contributed by atoms with Crippen molar-refractivity contribution in [1.29, 1.82) is 0 Å². The number of aromatic nitrogens is 1. The molecule has 0 aliphatic rings. The molecule has 0 saturated carbocycles. The van der Waals surface area contributed by atoms with Crippen molar-refractivity contribution >= 4 is 27.3 Å². The number of nitrogen functional groups attached to an aromatic ring is 1. The number of nitrogens with two attached hydrogens (primary N) is 1. The molecule has 2 aromatic rings. The molecular formula is C13H14BrN3. The van der Waals surface area contributed by atoms with Crippen LogP contribution in [0.1, 0.15) is 18.5 Å². The Hall–Kier alpha value is -1.55. The van der Waals surface area contributed by atoms with Crippen LogP contribution in [-0.2, 0) is 0 Å². The van der Waals surface area contributed by atoms with E-state index in [1.54, 1.807) is 12.4 Å². The van der Waals surface area contributed by atoms with E-state index in [9.17, 15) is 0 Å². The van der Waals surface area contributed by atoms with Gasteiger partial charge >= 0.3 is 0 Å². The fourth-order valence-corrected chi connectivity index (χ4v) is 1.87. The molecule has 2 rings (SSSR count). The van der Waals surface area contributed by atoms with Crippen molar-refractivity contribution in [1.82, 2.24) is 4.98 Å². The Morgan fingerprint density at radius 3 is 2.59 bits per heavy atom. The number of benzene rings is 1. The summed E-state index contributed by atoms with van der Waals surface area (Å²) in [5.74, 6) is 0. The van der Waals surface area contributed by atoms with E-state index in [0.717, 1.165) is 10.2 Å². The van der Waals surface area contributed by atoms with Crippen LogP contribution in [0.25, 0.3) is 0 Å². The predicted molar refractivity (Wildman–Crippen MR) is 74.8 cm³/mol. The molecular weight excluding hydrogens is 278 g/mol. The molecule has 0 aliphatic carbocycles. The number of halogens is 1. The number of nitrogens with zero attached hydrogens (tertiary/aromatic N) is 1. The number of hydrogen-bond donors (Lipinski definition) is 2. The monoisotopic (exact) mass is 291 g/mol. The van der Waals surface area contributed by atoms with E-state index in [0.29, 0.717) is 5.69 Å². The van der Waals surface area contributed by atoms with Crippen LogP contribution < -0.4 is 11.1 Å². The average molecular weight is 292 g/mol. The van der Waals surface area contributed by atoms with Gasteiger partial charge in [-0.15, -0.1) is 0 Å². The van der Waals surface area contributed by atoms with Crippen LogP contribution in [0.3, 0.4) is 0 Å². The van der Waals surface area contributed by atoms with Crippen molar-refractivity contribution in [3.8, 4) is 0 Å². The summed E-state index contributed by atoms with van der Waals surface area (Å²) in [5, 5.41) is 3.37. The van der Waals surface area contributed by atoms with E-state index in [1.165, 1.54) is 5.56 Å². The third-order valence-electron chi connectivity index (χ3n) is 2.59. The van der Waals surface area contributed by atoms with E-state index in [1.807, 2.05) is 18.2 Å². The topological polar surface area (TPSA) is 50.9 Å². The highest BCUT2D eigenvalue weighted by Gasteiger charge is 2.06. The molecule has 0 radical (unpaired) electrons. The van der Waals surface area contributed by atoms with Gasteiger partial charge in [-0.1, -0.05) is 28.1 Å². The maximum atomic E-state index is 5.84. The lowest BCUT2D eigenvalue weighted by molar-refractivity contribution is 0.884. The van der Waals surface area contributed by atoms with E-state index in [2.05, 4.69) is 45.3 Å². The third kappa shape index (κ3) is 2.97. The van der Waals surface area contributed by atoms with Gasteiger partial charge in [-0.05, 0) is 30.7 Å². The van der Waals surface area contributed by atoms with Gasteiger partial charge in [0.1, 0.15) is 0 Å². The van der Waals surface area contributed by atoms with E-state index in [4.69, 9.17) is 5.73 Å². The summed E-state index contributed by atoms with van der Waals surface area (Å²) < 4.78 is 1.08. The summed E-state index contributed by atoms with van der Waals surface area (Å²) in [6.07, 6.45) is 3.38. The van der Waals surface area contributed by atoms with Crippen LogP contribution in [0.2, 0.25) is 0 Å². The van der Waals surface area contributed by atoms with E-state index in [-0.39, 0.29) is 6.04 Å². The van der Waals surface area contributed by atoms with Gasteiger partial charge in [-0.25, -0.2) is 0 Å². The first-order valence-electron chi connectivity index (χ1n) is 5.38. The van der Waals surface area contributed by atoms with Crippen molar-refractivity contribution in [2.45, 2.75) is 13.0 Å². The van der Waals surface area contributed by atoms with Crippen LogP contribution in [0.4, 0.5) is 11.4 Å². The molecule has 0 spiro atoms. The van der Waals surface area contributed by atoms with Crippen molar-refractivity contribution in [3.05, 3.63) is 52.8 Å². The molecule has 88 valence electrons. The minimum atomic E-state index is 0.202. The zero-order chi connectivity index (χ0) is 12.3. The zero-order valence-corrected chi connectivity index (χ0v) is 11.1. The standard InChI is InChI=1S/C13H14BrN3/c1-9(10-2-4-11(14)5-3-10)17-13-6-7-16-8-12(13)15/h2-9H,15H2,1H3,(H,16,17). The summed E-state index contributed by atoms with van der Waals surface area (Å²) in [6, 6.07) is 10.3. The van der Waals surface area contributed by atoms with E-state index >= 15 is 0 Å². The quantitative estimate of drug-likeness (QED) is 0.908. The van der Waals surface area contributed by atoms with Gasteiger partial charge < -0.3 is 11.1 Å². The first-order chi connectivity index (χ1) is 8.16. The van der Waals surface area contributed by atoms with E-state index < -0.39 is 0 Å². The molecule has 1 aromatic heterocycles. The molecule has 0 amide bonds. The fourth-order valence-electron chi connectivity index (χ4n) is 1.61. The highest BCUT2D eigenvalue weighted by molar-refractivity contribution is 9.10. The average Bonchev–Trinajstić information content (AvgIpc) is 2.33. The summed E-state index contributed by atoms with van der Waals surface area (Å²) in [5.41, 5.74) is 8.63. The molecule has 1 aromatic carbocycles. The van der Waals surface area contributed by atoms with Crippen LogP contribution in [0, 0.1) is 0 Å². The van der Waals surface area contributed by atoms with Crippen molar-refractivity contribution in [2.24, 2.45) is 0 Å². The lowest BCUT2D eigenvalue weighted by Crippen LogP contribution is -2.08. The molecule has 4 heteroatoms. The van der Waals surface area contributed by atoms with Crippen LogP contribution >= 0.6 is 15.9 Å². The number of anilines is 2. The normalized spacial score (nSPS) is 12.1. The Labute approximate surface area is 109 Å². The first-order valence-corrected chi connectivity index (χ1v) is 6.17. The summed E-state index contributed by atoms with van der Waals surface area (Å²) >= 11 is 3.42. The lowest BCUT2D eigenvalue weighted by Gasteiger charge is -2.16. The maximum Gasteiger partial charge on any atom is 0.0736 e. The lowest BCUT2D eigenvalue weighted by atomic mass is 10.1. The molecule has 3 nitrogen and oxygen atoms in total. The molecule has 3 N–H and O–H groups in total. The van der Waals surface area contributed by atoms with Crippen LogP contribution in [0.5, 0.6) is 0 Å². The van der Waals surface area contributed by atoms with Crippen molar-refractivity contribution < 1.29 is 0 Å². The summed E-state index contributed by atoms with van der Waals surface area (Å²) in [4.78, 5) is 3.97. The zero-order valence-electron chi connectivity index (χ0n) is 9.52. The number of rotatable bonds is 3. The van der Waals surface area contributed by atoms with Gasteiger partial charge in [0.2, 0.25) is 0 Å². The predicted octanol–water partition coefficient (Wildman–Crippen LogP) is 3.60. The fraction of sp³-hybridized carbons (Fsp3) is 0.154. The highest BCUT2D eigenvalue weighted by Crippen LogP contribution is 2.23. The third-order valence-corrected chi connectivity index (χ3v) is 3.12. The number of nitrogens with one attached hydrogen (secondary N) is 1. The van der Waals surface area contributed by atoms with Crippen LogP contribution in [-0.4, -0.2) is 4.98 Å². The minimum absolute atomic E-state index is 0.202. The summed E-state index contributed by atoms with van der Waals surface area (Å²) in [7, 11) is 0. The molecule has 0 bridgehead atoms.